The Bertz CT molecular complexity index is 669. The number of aryl methyl sites for hydroxylation is 2. The van der Waals surface area contributed by atoms with Crippen LogP contribution < -0.4 is 0 Å². The van der Waals surface area contributed by atoms with Crippen LogP contribution in [0, 0.1) is 6.92 Å². The van der Waals surface area contributed by atoms with Crippen molar-refractivity contribution in [2.75, 3.05) is 0 Å². The van der Waals surface area contributed by atoms with Crippen LogP contribution in [0.3, 0.4) is 0 Å². The summed E-state index contributed by atoms with van der Waals surface area (Å²) in [5, 5.41) is 1.33. The molecule has 0 aliphatic carbocycles. The molecule has 0 atom stereocenters. The van der Waals surface area contributed by atoms with E-state index in [1.807, 2.05) is 0 Å². The molecular weight excluding hydrogens is 286 g/mol. The number of nitrogens with zero attached hydrogens (tertiary/aromatic N) is 1. The second kappa shape index (κ2) is 4.29. The summed E-state index contributed by atoms with van der Waals surface area (Å²) >= 11 is 3.48. The number of halogens is 1. The largest absolute Gasteiger partial charge is 0.343 e. The van der Waals surface area contributed by atoms with E-state index < -0.39 is 0 Å². The molecule has 0 unspecified atom stereocenters. The first kappa shape index (κ1) is 11.5. The average Bonchev–Trinajstić information content (AvgIpc) is 2.64. The van der Waals surface area contributed by atoms with Crippen molar-refractivity contribution in [3.05, 3.63) is 58.6 Å². The Morgan fingerprint density at radius 1 is 0.944 bits per heavy atom. The van der Waals surface area contributed by atoms with E-state index in [-0.39, 0.29) is 0 Å². The molecule has 0 amide bonds. The monoisotopic (exact) mass is 299 g/mol. The molecule has 1 heterocycles. The van der Waals surface area contributed by atoms with Crippen molar-refractivity contribution in [1.29, 1.82) is 0 Å². The summed E-state index contributed by atoms with van der Waals surface area (Å²) in [6.07, 6.45) is 0. The molecule has 0 N–H and O–H groups in total. The highest BCUT2D eigenvalue weighted by molar-refractivity contribution is 9.10. The van der Waals surface area contributed by atoms with Gasteiger partial charge in [0, 0.05) is 22.4 Å². The van der Waals surface area contributed by atoms with Crippen LogP contribution in [0.2, 0.25) is 0 Å². The average molecular weight is 300 g/mol. The first-order valence-corrected chi connectivity index (χ1v) is 6.78. The molecule has 2 aromatic carbocycles. The van der Waals surface area contributed by atoms with Crippen LogP contribution in [0.5, 0.6) is 0 Å². The molecule has 0 aliphatic rings. The minimum absolute atomic E-state index is 1.11. The molecule has 0 saturated carbocycles. The lowest BCUT2D eigenvalue weighted by Crippen LogP contribution is -1.92. The summed E-state index contributed by atoms with van der Waals surface area (Å²) in [5.74, 6) is 0. The highest BCUT2D eigenvalue weighted by Crippen LogP contribution is 2.32. The fourth-order valence-corrected chi connectivity index (χ4v) is 2.87. The first-order chi connectivity index (χ1) is 8.68. The van der Waals surface area contributed by atoms with Gasteiger partial charge in [-0.2, -0.15) is 0 Å². The van der Waals surface area contributed by atoms with Crippen LogP contribution in [-0.4, -0.2) is 4.57 Å². The number of para-hydroxylation sites is 1. The van der Waals surface area contributed by atoms with Crippen molar-refractivity contribution < 1.29 is 0 Å². The van der Waals surface area contributed by atoms with Gasteiger partial charge in [-0.3, -0.25) is 0 Å². The van der Waals surface area contributed by atoms with Gasteiger partial charge in [0.2, 0.25) is 0 Å². The maximum atomic E-state index is 3.48. The Hall–Kier alpha value is -1.54. The normalized spacial score (nSPS) is 11.1. The SMILES string of the molecule is Cc1c(-c2ccc(Br)cc2)n(C)c2ccccc12. The van der Waals surface area contributed by atoms with Gasteiger partial charge in [-0.1, -0.05) is 46.3 Å². The van der Waals surface area contributed by atoms with Crippen LogP contribution >= 0.6 is 15.9 Å². The van der Waals surface area contributed by atoms with Crippen molar-refractivity contribution in [3.8, 4) is 11.3 Å². The molecule has 0 bridgehead atoms. The summed E-state index contributed by atoms with van der Waals surface area (Å²) in [6, 6.07) is 17.0. The van der Waals surface area contributed by atoms with Crippen LogP contribution in [-0.2, 0) is 7.05 Å². The predicted molar refractivity (Wildman–Crippen MR) is 80.8 cm³/mol. The Kier molecular flexibility index (Phi) is 2.75. The standard InChI is InChI=1S/C16H14BrN/c1-11-14-5-3-4-6-15(14)18(2)16(11)12-7-9-13(17)10-8-12/h3-10H,1-2H3. The zero-order valence-electron chi connectivity index (χ0n) is 10.4. The fraction of sp³-hybridized carbons (Fsp3) is 0.125. The molecule has 18 heavy (non-hydrogen) atoms. The third-order valence-corrected chi connectivity index (χ3v) is 4.01. The zero-order chi connectivity index (χ0) is 12.7. The second-order valence-electron chi connectivity index (χ2n) is 4.56. The van der Waals surface area contributed by atoms with Gasteiger partial charge in [-0.15, -0.1) is 0 Å². The Labute approximate surface area is 115 Å². The molecule has 0 fully saturated rings. The highest BCUT2D eigenvalue weighted by Gasteiger charge is 2.12. The van der Waals surface area contributed by atoms with Crippen molar-refractivity contribution in [1.82, 2.24) is 4.57 Å². The molecule has 0 spiro atoms. The van der Waals surface area contributed by atoms with Gasteiger partial charge in [0.15, 0.2) is 0 Å². The zero-order valence-corrected chi connectivity index (χ0v) is 12.0. The molecule has 3 aromatic rings. The molecule has 90 valence electrons. The minimum Gasteiger partial charge on any atom is -0.343 e. The highest BCUT2D eigenvalue weighted by atomic mass is 79.9. The van der Waals surface area contributed by atoms with Crippen molar-refractivity contribution in [2.45, 2.75) is 6.92 Å². The third-order valence-electron chi connectivity index (χ3n) is 3.48. The van der Waals surface area contributed by atoms with E-state index in [4.69, 9.17) is 0 Å². The first-order valence-electron chi connectivity index (χ1n) is 5.98. The van der Waals surface area contributed by atoms with Crippen LogP contribution in [0.15, 0.2) is 53.0 Å². The summed E-state index contributed by atoms with van der Waals surface area (Å²) in [7, 11) is 2.13. The summed E-state index contributed by atoms with van der Waals surface area (Å²) in [5.41, 5.74) is 5.18. The minimum atomic E-state index is 1.11. The molecule has 0 saturated heterocycles. The summed E-state index contributed by atoms with van der Waals surface area (Å²) in [4.78, 5) is 0. The van der Waals surface area contributed by atoms with E-state index >= 15 is 0 Å². The maximum Gasteiger partial charge on any atom is 0.0518 e. The molecule has 0 aliphatic heterocycles. The van der Waals surface area contributed by atoms with Gasteiger partial charge in [0.1, 0.15) is 0 Å². The van der Waals surface area contributed by atoms with E-state index in [2.05, 4.69) is 83.0 Å². The number of benzene rings is 2. The third kappa shape index (κ3) is 1.68. The van der Waals surface area contributed by atoms with E-state index in [0.29, 0.717) is 0 Å². The fourth-order valence-electron chi connectivity index (χ4n) is 2.60. The molecule has 3 rings (SSSR count). The van der Waals surface area contributed by atoms with Gasteiger partial charge in [-0.25, -0.2) is 0 Å². The summed E-state index contributed by atoms with van der Waals surface area (Å²) in [6.45, 7) is 2.19. The second-order valence-corrected chi connectivity index (χ2v) is 5.47. The topological polar surface area (TPSA) is 4.93 Å². The Morgan fingerprint density at radius 2 is 1.61 bits per heavy atom. The van der Waals surface area contributed by atoms with E-state index in [0.717, 1.165) is 4.47 Å². The van der Waals surface area contributed by atoms with Crippen molar-refractivity contribution in [2.24, 2.45) is 7.05 Å². The quantitative estimate of drug-likeness (QED) is 0.601. The van der Waals surface area contributed by atoms with Crippen molar-refractivity contribution >= 4 is 26.8 Å². The van der Waals surface area contributed by atoms with Gasteiger partial charge in [-0.05, 0) is 36.2 Å². The summed E-state index contributed by atoms with van der Waals surface area (Å²) < 4.78 is 3.39. The van der Waals surface area contributed by atoms with E-state index in [1.165, 1.54) is 27.7 Å². The van der Waals surface area contributed by atoms with Crippen LogP contribution in [0.4, 0.5) is 0 Å². The van der Waals surface area contributed by atoms with Crippen LogP contribution in [0.1, 0.15) is 5.56 Å². The van der Waals surface area contributed by atoms with Gasteiger partial charge in [0.05, 0.1) is 5.69 Å². The Morgan fingerprint density at radius 3 is 2.28 bits per heavy atom. The van der Waals surface area contributed by atoms with Gasteiger partial charge >= 0.3 is 0 Å². The van der Waals surface area contributed by atoms with E-state index in [1.54, 1.807) is 0 Å². The number of hydrogen-bond donors (Lipinski definition) is 0. The number of hydrogen-bond acceptors (Lipinski definition) is 0. The number of aromatic nitrogens is 1. The lowest BCUT2D eigenvalue weighted by Gasteiger charge is -2.06. The van der Waals surface area contributed by atoms with Crippen LogP contribution in [0.25, 0.3) is 22.2 Å². The lowest BCUT2D eigenvalue weighted by atomic mass is 10.1. The molecule has 0 radical (unpaired) electrons. The maximum absolute atomic E-state index is 3.48. The van der Waals surface area contributed by atoms with Gasteiger partial charge < -0.3 is 4.57 Å². The number of fused-ring (bicyclic) bond motifs is 1. The molecule has 1 nitrogen and oxygen atoms in total. The number of rotatable bonds is 1. The molecule has 1 aromatic heterocycles. The smallest absolute Gasteiger partial charge is 0.0518 e. The van der Waals surface area contributed by atoms with Crippen molar-refractivity contribution in [3.63, 3.8) is 0 Å². The lowest BCUT2D eigenvalue weighted by molar-refractivity contribution is 0.973. The Balaban J connectivity index is 2.32. The molecule has 2 heteroatoms. The van der Waals surface area contributed by atoms with E-state index in [9.17, 15) is 0 Å². The van der Waals surface area contributed by atoms with Gasteiger partial charge in [0.25, 0.3) is 0 Å². The predicted octanol–water partition coefficient (Wildman–Crippen LogP) is 4.92. The molecular formula is C16H14BrN.